The predicted molar refractivity (Wildman–Crippen MR) is 67.3 cm³/mol. The summed E-state index contributed by atoms with van der Waals surface area (Å²) < 4.78 is 31.3. The van der Waals surface area contributed by atoms with Crippen LogP contribution >= 0.6 is 0 Å². The third kappa shape index (κ3) is 4.33. The van der Waals surface area contributed by atoms with E-state index in [1.807, 2.05) is 11.9 Å². The smallest absolute Gasteiger partial charge is 0.126 e. The Bertz CT molecular complexity index is 354. The Labute approximate surface area is 107 Å². The van der Waals surface area contributed by atoms with Crippen LogP contribution in [0.25, 0.3) is 0 Å². The molecule has 0 saturated heterocycles. The van der Waals surface area contributed by atoms with E-state index in [0.717, 1.165) is 19.0 Å². The molecule has 0 heterocycles. The zero-order valence-corrected chi connectivity index (χ0v) is 10.8. The zero-order valence-electron chi connectivity index (χ0n) is 10.8. The second-order valence-electron chi connectivity index (χ2n) is 4.28. The van der Waals surface area contributed by atoms with E-state index in [2.05, 4.69) is 0 Å². The van der Waals surface area contributed by atoms with Crippen LogP contribution in [0.15, 0.2) is 18.2 Å². The van der Waals surface area contributed by atoms with Crippen molar-refractivity contribution in [3.05, 3.63) is 35.4 Å². The Morgan fingerprint density at radius 2 is 1.89 bits per heavy atom. The van der Waals surface area contributed by atoms with Gasteiger partial charge in [-0.2, -0.15) is 0 Å². The molecule has 102 valence electrons. The molecule has 0 radical (unpaired) electrons. The van der Waals surface area contributed by atoms with E-state index in [9.17, 15) is 8.78 Å². The first-order valence-electron chi connectivity index (χ1n) is 5.93. The lowest BCUT2D eigenvalue weighted by Crippen LogP contribution is -2.32. The Morgan fingerprint density at radius 3 is 2.39 bits per heavy atom. The van der Waals surface area contributed by atoms with E-state index in [4.69, 9.17) is 10.5 Å². The molecule has 0 saturated carbocycles. The third-order valence-corrected chi connectivity index (χ3v) is 2.88. The standard InChI is InChI=1S/C13H20F2N2O/c1-17(4-3-5-18-2)13(9-16)10-6-11(14)8-12(15)7-10/h6-8,13H,3-5,9,16H2,1-2H3. The van der Waals surface area contributed by atoms with Crippen molar-refractivity contribution in [1.29, 1.82) is 0 Å². The average molecular weight is 258 g/mol. The van der Waals surface area contributed by atoms with Crippen molar-refractivity contribution in [2.24, 2.45) is 5.73 Å². The number of rotatable bonds is 7. The Hall–Kier alpha value is -1.04. The summed E-state index contributed by atoms with van der Waals surface area (Å²) in [6.07, 6.45) is 0.849. The van der Waals surface area contributed by atoms with Gasteiger partial charge in [0.05, 0.1) is 0 Å². The average Bonchev–Trinajstić information content (AvgIpc) is 2.29. The van der Waals surface area contributed by atoms with Crippen molar-refractivity contribution in [3.8, 4) is 0 Å². The van der Waals surface area contributed by atoms with E-state index in [-0.39, 0.29) is 6.04 Å². The van der Waals surface area contributed by atoms with Gasteiger partial charge in [0.25, 0.3) is 0 Å². The Kier molecular flexibility index (Phi) is 6.18. The normalized spacial score (nSPS) is 13.0. The molecule has 1 aromatic rings. The minimum absolute atomic E-state index is 0.188. The molecule has 0 aliphatic heterocycles. The van der Waals surface area contributed by atoms with Crippen LogP contribution < -0.4 is 5.73 Å². The highest BCUT2D eigenvalue weighted by atomic mass is 19.1. The lowest BCUT2D eigenvalue weighted by atomic mass is 10.1. The topological polar surface area (TPSA) is 38.5 Å². The molecule has 1 aromatic carbocycles. The fraction of sp³-hybridized carbons (Fsp3) is 0.538. The number of halogens is 2. The highest BCUT2D eigenvalue weighted by molar-refractivity contribution is 5.21. The number of nitrogens with zero attached hydrogens (tertiary/aromatic N) is 1. The summed E-state index contributed by atoms with van der Waals surface area (Å²) in [4.78, 5) is 1.98. The maximum Gasteiger partial charge on any atom is 0.126 e. The van der Waals surface area contributed by atoms with E-state index >= 15 is 0 Å². The predicted octanol–water partition coefficient (Wildman–Crippen LogP) is 1.93. The van der Waals surface area contributed by atoms with E-state index in [1.165, 1.54) is 12.1 Å². The Balaban J connectivity index is 2.74. The molecule has 1 atom stereocenters. The van der Waals surface area contributed by atoms with Gasteiger partial charge in [-0.25, -0.2) is 8.78 Å². The maximum absolute atomic E-state index is 13.2. The number of benzene rings is 1. The second-order valence-corrected chi connectivity index (χ2v) is 4.28. The van der Waals surface area contributed by atoms with Crippen molar-refractivity contribution in [1.82, 2.24) is 4.90 Å². The molecule has 1 unspecified atom stereocenters. The zero-order chi connectivity index (χ0) is 13.5. The van der Waals surface area contributed by atoms with Gasteiger partial charge in [0.2, 0.25) is 0 Å². The van der Waals surface area contributed by atoms with Gasteiger partial charge in [-0.15, -0.1) is 0 Å². The lowest BCUT2D eigenvalue weighted by Gasteiger charge is -2.27. The van der Waals surface area contributed by atoms with Crippen LogP contribution in [0.3, 0.4) is 0 Å². The quantitative estimate of drug-likeness (QED) is 0.760. The number of ether oxygens (including phenoxy) is 1. The summed E-state index contributed by atoms with van der Waals surface area (Å²) in [6.45, 7) is 1.72. The number of methoxy groups -OCH3 is 1. The van der Waals surface area contributed by atoms with Crippen LogP contribution in [0, 0.1) is 11.6 Å². The second kappa shape index (κ2) is 7.41. The van der Waals surface area contributed by atoms with E-state index in [1.54, 1.807) is 7.11 Å². The molecule has 0 fully saturated rings. The summed E-state index contributed by atoms with van der Waals surface area (Å²) in [5.41, 5.74) is 6.26. The fourth-order valence-electron chi connectivity index (χ4n) is 1.95. The van der Waals surface area contributed by atoms with Gasteiger partial charge in [-0.3, -0.25) is 4.90 Å². The molecule has 3 nitrogen and oxygen atoms in total. The van der Waals surface area contributed by atoms with Crippen LogP contribution in [0.5, 0.6) is 0 Å². The third-order valence-electron chi connectivity index (χ3n) is 2.88. The minimum atomic E-state index is -0.575. The molecule has 2 N–H and O–H groups in total. The monoisotopic (exact) mass is 258 g/mol. The van der Waals surface area contributed by atoms with Gasteiger partial charge in [0.15, 0.2) is 0 Å². The molecule has 0 aliphatic carbocycles. The molecule has 0 amide bonds. The molecule has 0 aliphatic rings. The van der Waals surface area contributed by atoms with Crippen molar-refractivity contribution >= 4 is 0 Å². The van der Waals surface area contributed by atoms with Crippen LogP contribution in [-0.4, -0.2) is 38.8 Å². The van der Waals surface area contributed by atoms with Gasteiger partial charge in [0.1, 0.15) is 11.6 Å². The number of nitrogens with two attached hydrogens (primary N) is 1. The number of hydrogen-bond donors (Lipinski definition) is 1. The molecule has 1 rings (SSSR count). The summed E-state index contributed by atoms with van der Waals surface area (Å²) in [6, 6.07) is 3.33. The van der Waals surface area contributed by atoms with E-state index in [0.29, 0.717) is 18.7 Å². The van der Waals surface area contributed by atoms with Crippen molar-refractivity contribution in [2.45, 2.75) is 12.5 Å². The number of likely N-dealkylation sites (N-methyl/N-ethyl adjacent to an activating group) is 1. The first-order chi connectivity index (χ1) is 8.58. The SMILES string of the molecule is COCCCN(C)C(CN)c1cc(F)cc(F)c1. The van der Waals surface area contributed by atoms with Crippen LogP contribution in [0.4, 0.5) is 8.78 Å². The highest BCUT2D eigenvalue weighted by Gasteiger charge is 2.16. The van der Waals surface area contributed by atoms with Crippen LogP contribution in [0.2, 0.25) is 0 Å². The molecule has 5 heteroatoms. The van der Waals surface area contributed by atoms with E-state index < -0.39 is 11.6 Å². The van der Waals surface area contributed by atoms with Crippen molar-refractivity contribution in [2.75, 3.05) is 33.9 Å². The minimum Gasteiger partial charge on any atom is -0.385 e. The fourth-order valence-corrected chi connectivity index (χ4v) is 1.95. The molecule has 0 spiro atoms. The summed E-state index contributed by atoms with van der Waals surface area (Å²) in [5, 5.41) is 0. The molecular weight excluding hydrogens is 238 g/mol. The van der Waals surface area contributed by atoms with Gasteiger partial charge in [-0.1, -0.05) is 0 Å². The first kappa shape index (κ1) is 15.0. The summed E-state index contributed by atoms with van der Waals surface area (Å²) in [7, 11) is 3.53. The lowest BCUT2D eigenvalue weighted by molar-refractivity contribution is 0.166. The van der Waals surface area contributed by atoms with Crippen molar-refractivity contribution < 1.29 is 13.5 Å². The van der Waals surface area contributed by atoms with Crippen LogP contribution in [0.1, 0.15) is 18.0 Å². The van der Waals surface area contributed by atoms with Gasteiger partial charge < -0.3 is 10.5 Å². The van der Waals surface area contributed by atoms with Gasteiger partial charge in [-0.05, 0) is 31.2 Å². The summed E-state index contributed by atoms with van der Waals surface area (Å²) >= 11 is 0. The van der Waals surface area contributed by atoms with Crippen molar-refractivity contribution in [3.63, 3.8) is 0 Å². The maximum atomic E-state index is 13.2. The molecular formula is C13H20F2N2O. The Morgan fingerprint density at radius 1 is 1.28 bits per heavy atom. The van der Waals surface area contributed by atoms with Gasteiger partial charge >= 0.3 is 0 Å². The molecule has 18 heavy (non-hydrogen) atoms. The van der Waals surface area contributed by atoms with Gasteiger partial charge in [0, 0.05) is 38.9 Å². The largest absolute Gasteiger partial charge is 0.385 e. The molecule has 0 bridgehead atoms. The molecule has 0 aromatic heterocycles. The highest BCUT2D eigenvalue weighted by Crippen LogP contribution is 2.20. The first-order valence-corrected chi connectivity index (χ1v) is 5.93. The summed E-state index contributed by atoms with van der Waals surface area (Å²) in [5.74, 6) is -1.15. The number of hydrogen-bond acceptors (Lipinski definition) is 3. The van der Waals surface area contributed by atoms with Crippen LogP contribution in [-0.2, 0) is 4.74 Å².